The molecule has 1 amide bonds. The van der Waals surface area contributed by atoms with E-state index in [0.717, 1.165) is 44.8 Å². The summed E-state index contributed by atoms with van der Waals surface area (Å²) in [5, 5.41) is 6.43. The average molecular weight is 277 g/mol. The van der Waals surface area contributed by atoms with Gasteiger partial charge in [0.2, 0.25) is 5.91 Å². The van der Waals surface area contributed by atoms with Gasteiger partial charge in [-0.2, -0.15) is 0 Å². The summed E-state index contributed by atoms with van der Waals surface area (Å²) in [6.45, 7) is 7.49. The number of piperidine rings is 1. The van der Waals surface area contributed by atoms with Crippen molar-refractivity contribution in [1.82, 2.24) is 10.6 Å². The Kier molecular flexibility index (Phi) is 10.5. The first kappa shape index (κ1) is 17.7. The van der Waals surface area contributed by atoms with Crippen molar-refractivity contribution in [2.45, 2.75) is 52.4 Å². The van der Waals surface area contributed by atoms with E-state index in [1.165, 1.54) is 12.8 Å². The van der Waals surface area contributed by atoms with Crippen LogP contribution in [0.1, 0.15) is 52.4 Å². The summed E-state index contributed by atoms with van der Waals surface area (Å²) in [6.07, 6.45) is 6.57. The third-order valence-electron chi connectivity index (χ3n) is 3.98. The fourth-order valence-electron chi connectivity index (χ4n) is 2.43. The van der Waals surface area contributed by atoms with Crippen molar-refractivity contribution in [1.29, 1.82) is 0 Å². The first-order valence-corrected chi connectivity index (χ1v) is 7.23. The van der Waals surface area contributed by atoms with Crippen LogP contribution in [0.3, 0.4) is 0 Å². The first-order valence-electron chi connectivity index (χ1n) is 7.23. The van der Waals surface area contributed by atoms with Crippen molar-refractivity contribution < 1.29 is 4.79 Å². The highest BCUT2D eigenvalue weighted by atomic mass is 35.5. The van der Waals surface area contributed by atoms with E-state index in [0.29, 0.717) is 12.3 Å². The number of halogens is 1. The highest BCUT2D eigenvalue weighted by molar-refractivity contribution is 5.85. The molecule has 1 saturated heterocycles. The predicted octanol–water partition coefficient (Wildman–Crippen LogP) is 2.74. The molecule has 0 aromatic rings. The molecule has 2 N–H and O–H groups in total. The van der Waals surface area contributed by atoms with Crippen molar-refractivity contribution in [3.05, 3.63) is 0 Å². The second-order valence-electron chi connectivity index (χ2n) is 5.22. The second-order valence-corrected chi connectivity index (χ2v) is 5.22. The maximum Gasteiger partial charge on any atom is 0.220 e. The second kappa shape index (κ2) is 10.6. The molecule has 1 aliphatic rings. The topological polar surface area (TPSA) is 41.1 Å². The van der Waals surface area contributed by atoms with Crippen molar-refractivity contribution in [3.8, 4) is 0 Å². The molecule has 1 aliphatic heterocycles. The number of hydrogen-bond donors (Lipinski definition) is 2. The third kappa shape index (κ3) is 7.22. The van der Waals surface area contributed by atoms with Gasteiger partial charge in [-0.1, -0.05) is 26.7 Å². The molecular formula is C14H29ClN2O. The lowest BCUT2D eigenvalue weighted by atomic mass is 9.93. The molecule has 0 radical (unpaired) electrons. The number of nitrogens with one attached hydrogen (secondary N) is 2. The maximum absolute atomic E-state index is 11.7. The van der Waals surface area contributed by atoms with E-state index in [9.17, 15) is 4.79 Å². The Labute approximate surface area is 118 Å². The van der Waals surface area contributed by atoms with Gasteiger partial charge in [0.25, 0.3) is 0 Å². The van der Waals surface area contributed by atoms with Crippen molar-refractivity contribution in [3.63, 3.8) is 0 Å². The maximum atomic E-state index is 11.7. The van der Waals surface area contributed by atoms with Crippen LogP contribution in [0.15, 0.2) is 0 Å². The number of rotatable bonds is 7. The molecule has 0 saturated carbocycles. The van der Waals surface area contributed by atoms with Gasteiger partial charge in [0.05, 0.1) is 0 Å². The first-order chi connectivity index (χ1) is 8.26. The van der Waals surface area contributed by atoms with Crippen LogP contribution in [0.2, 0.25) is 0 Å². The standard InChI is InChI=1S/C14H28N2O.ClH/c1-3-12(4-2)11-16-14(17)6-5-13-7-9-15-10-8-13;/h12-13,15H,3-11H2,1-2H3,(H,16,17);1H. The molecule has 0 aromatic carbocycles. The lowest BCUT2D eigenvalue weighted by Gasteiger charge is -2.22. The van der Waals surface area contributed by atoms with E-state index in [4.69, 9.17) is 0 Å². The fraction of sp³-hybridized carbons (Fsp3) is 0.929. The number of carbonyl (C=O) groups is 1. The van der Waals surface area contributed by atoms with Crippen molar-refractivity contribution >= 4 is 18.3 Å². The SMILES string of the molecule is CCC(CC)CNC(=O)CCC1CCNCC1.Cl. The summed E-state index contributed by atoms with van der Waals surface area (Å²) in [5.41, 5.74) is 0. The number of hydrogen-bond acceptors (Lipinski definition) is 2. The Hall–Kier alpha value is -0.280. The van der Waals surface area contributed by atoms with Crippen LogP contribution < -0.4 is 10.6 Å². The van der Waals surface area contributed by atoms with Gasteiger partial charge in [-0.3, -0.25) is 4.79 Å². The largest absolute Gasteiger partial charge is 0.356 e. The van der Waals surface area contributed by atoms with Gasteiger partial charge in [-0.25, -0.2) is 0 Å². The van der Waals surface area contributed by atoms with E-state index in [-0.39, 0.29) is 18.3 Å². The Balaban J connectivity index is 0.00000289. The zero-order valence-corrected chi connectivity index (χ0v) is 12.7. The molecule has 0 bridgehead atoms. The molecule has 108 valence electrons. The molecule has 0 aromatic heterocycles. The minimum absolute atomic E-state index is 0. The molecule has 1 fully saturated rings. The molecule has 18 heavy (non-hydrogen) atoms. The van der Waals surface area contributed by atoms with Crippen LogP contribution in [0.4, 0.5) is 0 Å². The summed E-state index contributed by atoms with van der Waals surface area (Å²) in [5.74, 6) is 1.66. The van der Waals surface area contributed by atoms with Gasteiger partial charge >= 0.3 is 0 Å². The van der Waals surface area contributed by atoms with Crippen LogP contribution in [0.5, 0.6) is 0 Å². The zero-order chi connectivity index (χ0) is 12.5. The highest BCUT2D eigenvalue weighted by Crippen LogP contribution is 2.17. The zero-order valence-electron chi connectivity index (χ0n) is 11.8. The van der Waals surface area contributed by atoms with Crippen molar-refractivity contribution in [2.24, 2.45) is 11.8 Å². The smallest absolute Gasteiger partial charge is 0.220 e. The molecule has 0 spiro atoms. The quantitative estimate of drug-likeness (QED) is 0.751. The summed E-state index contributed by atoms with van der Waals surface area (Å²) >= 11 is 0. The predicted molar refractivity (Wildman–Crippen MR) is 79.2 cm³/mol. The summed E-state index contributed by atoms with van der Waals surface area (Å²) in [6, 6.07) is 0. The molecule has 0 unspecified atom stereocenters. The number of amides is 1. The van der Waals surface area contributed by atoms with Gasteiger partial charge in [-0.15, -0.1) is 12.4 Å². The van der Waals surface area contributed by atoms with Crippen LogP contribution in [-0.4, -0.2) is 25.5 Å². The molecule has 1 heterocycles. The molecule has 1 rings (SSSR count). The highest BCUT2D eigenvalue weighted by Gasteiger charge is 2.14. The van der Waals surface area contributed by atoms with Gasteiger partial charge in [0.1, 0.15) is 0 Å². The van der Waals surface area contributed by atoms with Crippen LogP contribution >= 0.6 is 12.4 Å². The summed E-state index contributed by atoms with van der Waals surface area (Å²) < 4.78 is 0. The monoisotopic (exact) mass is 276 g/mol. The normalized spacial score (nSPS) is 16.4. The molecular weight excluding hydrogens is 248 g/mol. The van der Waals surface area contributed by atoms with Crippen LogP contribution in [0, 0.1) is 11.8 Å². The van der Waals surface area contributed by atoms with E-state index in [1.54, 1.807) is 0 Å². The van der Waals surface area contributed by atoms with E-state index < -0.39 is 0 Å². The summed E-state index contributed by atoms with van der Waals surface area (Å²) in [4.78, 5) is 11.7. The molecule has 0 atom stereocenters. The van der Waals surface area contributed by atoms with Gasteiger partial charge < -0.3 is 10.6 Å². The van der Waals surface area contributed by atoms with E-state index in [1.807, 2.05) is 0 Å². The van der Waals surface area contributed by atoms with Gasteiger partial charge in [0.15, 0.2) is 0 Å². The molecule has 4 heteroatoms. The lowest BCUT2D eigenvalue weighted by molar-refractivity contribution is -0.121. The van der Waals surface area contributed by atoms with Crippen LogP contribution in [0.25, 0.3) is 0 Å². The Morgan fingerprint density at radius 1 is 1.28 bits per heavy atom. The van der Waals surface area contributed by atoms with Crippen LogP contribution in [-0.2, 0) is 4.79 Å². The van der Waals surface area contributed by atoms with Crippen molar-refractivity contribution in [2.75, 3.05) is 19.6 Å². The minimum Gasteiger partial charge on any atom is -0.356 e. The Morgan fingerprint density at radius 3 is 2.44 bits per heavy atom. The third-order valence-corrected chi connectivity index (χ3v) is 3.98. The van der Waals surface area contributed by atoms with E-state index in [2.05, 4.69) is 24.5 Å². The molecule has 0 aliphatic carbocycles. The fourth-order valence-corrected chi connectivity index (χ4v) is 2.43. The van der Waals surface area contributed by atoms with Gasteiger partial charge in [-0.05, 0) is 44.2 Å². The minimum atomic E-state index is 0. The molecule has 3 nitrogen and oxygen atoms in total. The Morgan fingerprint density at radius 2 is 1.89 bits per heavy atom. The number of carbonyl (C=O) groups excluding carboxylic acids is 1. The Bertz CT molecular complexity index is 214. The lowest BCUT2D eigenvalue weighted by Crippen LogP contribution is -2.31. The van der Waals surface area contributed by atoms with Gasteiger partial charge in [0, 0.05) is 13.0 Å². The average Bonchev–Trinajstić information content (AvgIpc) is 2.39. The summed E-state index contributed by atoms with van der Waals surface area (Å²) in [7, 11) is 0. The van der Waals surface area contributed by atoms with E-state index >= 15 is 0 Å².